The van der Waals surface area contributed by atoms with Crippen LogP contribution in [0.25, 0.3) is 0 Å². The van der Waals surface area contributed by atoms with E-state index in [1.54, 1.807) is 0 Å². The number of halogens is 1. The first-order chi connectivity index (χ1) is 6.96. The highest BCUT2D eigenvalue weighted by atomic mass is 127. The van der Waals surface area contributed by atoms with Crippen molar-refractivity contribution >= 4 is 22.6 Å². The quantitative estimate of drug-likeness (QED) is 0.445. The van der Waals surface area contributed by atoms with E-state index >= 15 is 0 Å². The van der Waals surface area contributed by atoms with Gasteiger partial charge >= 0.3 is 0 Å². The summed E-state index contributed by atoms with van der Waals surface area (Å²) in [6, 6.07) is 0. The lowest BCUT2D eigenvalue weighted by Crippen LogP contribution is -2.51. The minimum absolute atomic E-state index is 0.0489. The number of alkyl halides is 1. The van der Waals surface area contributed by atoms with Crippen molar-refractivity contribution in [1.82, 2.24) is 0 Å². The van der Waals surface area contributed by atoms with Crippen molar-refractivity contribution in [3.63, 3.8) is 0 Å². The third kappa shape index (κ3) is 3.34. The Morgan fingerprint density at radius 3 is 1.81 bits per heavy atom. The summed E-state index contributed by atoms with van der Waals surface area (Å²) in [6.45, 7) is 14.1. The van der Waals surface area contributed by atoms with E-state index in [9.17, 15) is 0 Å². The van der Waals surface area contributed by atoms with Crippen LogP contribution in [0.5, 0.6) is 0 Å². The van der Waals surface area contributed by atoms with Gasteiger partial charge in [0.25, 0.3) is 0 Å². The van der Waals surface area contributed by atoms with Gasteiger partial charge in [0.05, 0.1) is 3.55 Å². The van der Waals surface area contributed by atoms with Crippen molar-refractivity contribution in [3.05, 3.63) is 0 Å². The molecule has 96 valence electrons. The smallest absolute Gasteiger partial charge is 0.0732 e. The molecule has 0 amide bonds. The molecule has 16 heavy (non-hydrogen) atoms. The highest BCUT2D eigenvalue weighted by Crippen LogP contribution is 2.53. The van der Waals surface area contributed by atoms with Gasteiger partial charge in [-0.2, -0.15) is 0 Å². The zero-order valence-corrected chi connectivity index (χ0v) is 13.9. The summed E-state index contributed by atoms with van der Waals surface area (Å²) >= 11 is 2.50. The van der Waals surface area contributed by atoms with Gasteiger partial charge < -0.3 is 5.73 Å². The molecule has 0 heterocycles. The summed E-state index contributed by atoms with van der Waals surface area (Å²) in [6.07, 6.45) is 3.86. The SMILES string of the molecule is CC(C)C(N)(I)C1CC(C)(C)CC(C)(C)C1. The first kappa shape index (κ1) is 14.7. The largest absolute Gasteiger partial charge is 0.317 e. The van der Waals surface area contributed by atoms with Crippen molar-refractivity contribution in [2.24, 2.45) is 28.4 Å². The van der Waals surface area contributed by atoms with Crippen LogP contribution in [0.15, 0.2) is 0 Å². The maximum Gasteiger partial charge on any atom is 0.0732 e. The summed E-state index contributed by atoms with van der Waals surface area (Å²) in [4.78, 5) is 0. The molecule has 0 aromatic heterocycles. The monoisotopic (exact) mass is 337 g/mol. The van der Waals surface area contributed by atoms with E-state index in [-0.39, 0.29) is 3.55 Å². The van der Waals surface area contributed by atoms with Crippen LogP contribution in [0.3, 0.4) is 0 Å². The molecule has 2 heteroatoms. The summed E-state index contributed by atoms with van der Waals surface area (Å²) in [5, 5.41) is 0. The molecule has 1 atom stereocenters. The van der Waals surface area contributed by atoms with Crippen LogP contribution in [0.1, 0.15) is 60.8 Å². The predicted octanol–water partition coefficient (Wildman–Crippen LogP) is 4.58. The zero-order valence-electron chi connectivity index (χ0n) is 11.7. The van der Waals surface area contributed by atoms with Gasteiger partial charge in [-0.15, -0.1) is 0 Å². The summed E-state index contributed by atoms with van der Waals surface area (Å²) < 4.78 is -0.0489. The van der Waals surface area contributed by atoms with Gasteiger partial charge in [0, 0.05) is 0 Å². The Bertz CT molecular complexity index is 237. The van der Waals surface area contributed by atoms with Crippen molar-refractivity contribution in [2.45, 2.75) is 64.4 Å². The second-order valence-electron chi connectivity index (χ2n) is 7.59. The second kappa shape index (κ2) is 4.42. The van der Waals surface area contributed by atoms with E-state index in [4.69, 9.17) is 5.73 Å². The lowest BCUT2D eigenvalue weighted by molar-refractivity contribution is 0.0447. The van der Waals surface area contributed by atoms with Crippen LogP contribution in [0.4, 0.5) is 0 Å². The molecule has 0 radical (unpaired) electrons. The Morgan fingerprint density at radius 2 is 1.50 bits per heavy atom. The second-order valence-corrected chi connectivity index (χ2v) is 9.46. The van der Waals surface area contributed by atoms with E-state index in [1.165, 1.54) is 19.3 Å². The van der Waals surface area contributed by atoms with Crippen LogP contribution in [0.2, 0.25) is 0 Å². The van der Waals surface area contributed by atoms with Crippen molar-refractivity contribution < 1.29 is 0 Å². The van der Waals surface area contributed by atoms with Gasteiger partial charge in [-0.05, 0) is 41.9 Å². The fourth-order valence-corrected chi connectivity index (χ4v) is 4.07. The van der Waals surface area contributed by atoms with E-state index < -0.39 is 0 Å². The molecule has 1 fully saturated rings. The van der Waals surface area contributed by atoms with E-state index in [0.29, 0.717) is 22.7 Å². The minimum atomic E-state index is -0.0489. The molecule has 1 aliphatic carbocycles. The third-order valence-corrected chi connectivity index (χ3v) is 6.19. The van der Waals surface area contributed by atoms with Crippen LogP contribution in [-0.2, 0) is 0 Å². The van der Waals surface area contributed by atoms with Gasteiger partial charge in [0.2, 0.25) is 0 Å². The summed E-state index contributed by atoms with van der Waals surface area (Å²) in [5.74, 6) is 1.19. The Kier molecular flexibility index (Phi) is 4.07. The molecule has 0 aromatic carbocycles. The number of nitrogens with two attached hydrogens (primary N) is 1. The first-order valence-electron chi connectivity index (χ1n) is 6.44. The fraction of sp³-hybridized carbons (Fsp3) is 1.00. The molecule has 0 spiro atoms. The van der Waals surface area contributed by atoms with Gasteiger partial charge in [-0.3, -0.25) is 0 Å². The normalized spacial score (nSPS) is 29.1. The van der Waals surface area contributed by atoms with Gasteiger partial charge in [-0.1, -0.05) is 64.1 Å². The van der Waals surface area contributed by atoms with Gasteiger partial charge in [0.1, 0.15) is 0 Å². The average molecular weight is 337 g/mol. The van der Waals surface area contributed by atoms with Crippen LogP contribution in [0, 0.1) is 22.7 Å². The molecule has 1 rings (SSSR count). The average Bonchev–Trinajstić information content (AvgIpc) is 1.97. The molecular formula is C14H28IN. The number of hydrogen-bond acceptors (Lipinski definition) is 1. The molecule has 1 saturated carbocycles. The van der Waals surface area contributed by atoms with Crippen molar-refractivity contribution in [1.29, 1.82) is 0 Å². The van der Waals surface area contributed by atoms with Crippen molar-refractivity contribution in [3.8, 4) is 0 Å². The molecule has 1 unspecified atom stereocenters. The molecule has 0 saturated heterocycles. The van der Waals surface area contributed by atoms with Gasteiger partial charge in [-0.25, -0.2) is 0 Å². The first-order valence-corrected chi connectivity index (χ1v) is 7.52. The lowest BCUT2D eigenvalue weighted by atomic mass is 9.59. The molecule has 1 nitrogen and oxygen atoms in total. The maximum atomic E-state index is 6.56. The topological polar surface area (TPSA) is 26.0 Å². The summed E-state index contributed by atoms with van der Waals surface area (Å²) in [7, 11) is 0. The molecule has 2 N–H and O–H groups in total. The molecule has 1 aliphatic rings. The van der Waals surface area contributed by atoms with Crippen LogP contribution >= 0.6 is 22.6 Å². The standard InChI is InChI=1S/C14H28IN/c1-10(2)14(15,16)11-7-12(3,4)9-13(5,6)8-11/h10-11H,7-9,16H2,1-6H3. The van der Waals surface area contributed by atoms with Crippen molar-refractivity contribution in [2.75, 3.05) is 0 Å². The highest BCUT2D eigenvalue weighted by molar-refractivity contribution is 14.1. The molecule has 0 bridgehead atoms. The maximum absolute atomic E-state index is 6.56. The molecule has 0 aromatic rings. The molecular weight excluding hydrogens is 309 g/mol. The van der Waals surface area contributed by atoms with Crippen LogP contribution in [-0.4, -0.2) is 3.55 Å². The zero-order chi connectivity index (χ0) is 12.8. The predicted molar refractivity (Wildman–Crippen MR) is 80.7 cm³/mol. The highest BCUT2D eigenvalue weighted by Gasteiger charge is 2.46. The fourth-order valence-electron chi connectivity index (χ4n) is 3.63. The Morgan fingerprint density at radius 1 is 1.12 bits per heavy atom. The Labute approximate surface area is 115 Å². The van der Waals surface area contributed by atoms with Crippen LogP contribution < -0.4 is 5.73 Å². The Hall–Kier alpha value is 0.690. The summed E-state index contributed by atoms with van der Waals surface area (Å²) in [5.41, 5.74) is 7.45. The van der Waals surface area contributed by atoms with E-state index in [2.05, 4.69) is 64.1 Å². The van der Waals surface area contributed by atoms with E-state index in [1.807, 2.05) is 0 Å². The van der Waals surface area contributed by atoms with Gasteiger partial charge in [0.15, 0.2) is 0 Å². The molecule has 0 aliphatic heterocycles. The third-order valence-electron chi connectivity index (χ3n) is 4.07. The number of rotatable bonds is 2. The van der Waals surface area contributed by atoms with E-state index in [0.717, 1.165) is 0 Å². The minimum Gasteiger partial charge on any atom is -0.317 e. The Balaban J connectivity index is 2.90. The number of hydrogen-bond donors (Lipinski definition) is 1. The lowest BCUT2D eigenvalue weighted by Gasteiger charge is -2.50.